The highest BCUT2D eigenvalue weighted by atomic mass is 35.5. The van der Waals surface area contributed by atoms with Gasteiger partial charge in [-0.2, -0.15) is 0 Å². The van der Waals surface area contributed by atoms with Crippen molar-refractivity contribution in [2.45, 2.75) is 20.8 Å². The highest BCUT2D eigenvalue weighted by molar-refractivity contribution is 7.14. The number of carbonyl (C=O) groups is 2. The van der Waals surface area contributed by atoms with E-state index in [1.165, 1.54) is 25.1 Å². The number of rotatable bonds is 8. The summed E-state index contributed by atoms with van der Waals surface area (Å²) in [4.78, 5) is 28.1. The number of benzene rings is 2. The molecule has 0 bridgehead atoms. The second-order valence-corrected chi connectivity index (χ2v) is 9.47. The Balaban J connectivity index is 1.80. The van der Waals surface area contributed by atoms with Gasteiger partial charge in [0, 0.05) is 27.6 Å². The molecule has 0 unspecified atom stereocenters. The van der Waals surface area contributed by atoms with Crippen LogP contribution in [0.2, 0.25) is 10.0 Å². The Morgan fingerprint density at radius 3 is 2.56 bits per heavy atom. The Hall–Kier alpha value is -2.94. The van der Waals surface area contributed by atoms with Crippen molar-refractivity contribution in [3.8, 4) is 17.0 Å². The van der Waals surface area contributed by atoms with E-state index in [4.69, 9.17) is 33.0 Å². The third kappa shape index (κ3) is 6.14. The van der Waals surface area contributed by atoms with Gasteiger partial charge >= 0.3 is 5.97 Å². The number of nitrogens with zero attached hydrogens (tertiary/aromatic N) is 1. The second kappa shape index (κ2) is 11.0. The van der Waals surface area contributed by atoms with Crippen molar-refractivity contribution >= 4 is 57.6 Å². The van der Waals surface area contributed by atoms with Crippen LogP contribution in [-0.2, 0) is 4.79 Å². The van der Waals surface area contributed by atoms with Crippen molar-refractivity contribution in [1.82, 2.24) is 4.98 Å². The summed E-state index contributed by atoms with van der Waals surface area (Å²) in [6, 6.07) is 7.59. The summed E-state index contributed by atoms with van der Waals surface area (Å²) in [7, 11) is 0. The number of halogens is 3. The first-order chi connectivity index (χ1) is 16.1. The van der Waals surface area contributed by atoms with Gasteiger partial charge < -0.3 is 9.84 Å². The summed E-state index contributed by atoms with van der Waals surface area (Å²) in [6.45, 7) is 5.73. The van der Waals surface area contributed by atoms with Crippen LogP contribution in [0.15, 0.2) is 41.3 Å². The van der Waals surface area contributed by atoms with E-state index < -0.39 is 17.7 Å². The van der Waals surface area contributed by atoms with E-state index in [9.17, 15) is 14.0 Å². The standard InChI is InChI=1S/C24H21Cl2FN2O4S/c1-12(2)10-33-20-6-4-5-15(21(20)27)19-11-34-24(28-19)29-22(30)14-8-17(25)16(18(26)9-14)7-13(3)23(31)32/h4-9,11-12H,10H2,1-3H3,(H,31,32)(H,28,29,30). The van der Waals surface area contributed by atoms with Crippen LogP contribution in [0.4, 0.5) is 9.52 Å². The summed E-state index contributed by atoms with van der Waals surface area (Å²) in [5.74, 6) is -1.77. The molecule has 3 rings (SSSR count). The lowest BCUT2D eigenvalue weighted by molar-refractivity contribution is -0.132. The fourth-order valence-corrected chi connectivity index (χ4v) is 4.13. The van der Waals surface area contributed by atoms with E-state index in [1.807, 2.05) is 13.8 Å². The summed E-state index contributed by atoms with van der Waals surface area (Å²) in [5, 5.41) is 13.8. The fourth-order valence-electron chi connectivity index (χ4n) is 2.83. The zero-order valence-corrected chi connectivity index (χ0v) is 20.8. The smallest absolute Gasteiger partial charge is 0.331 e. The fraction of sp³-hybridized carbons (Fsp3) is 0.208. The molecule has 34 heavy (non-hydrogen) atoms. The normalized spacial score (nSPS) is 11.6. The molecule has 6 nitrogen and oxygen atoms in total. The number of aromatic nitrogens is 1. The largest absolute Gasteiger partial charge is 0.490 e. The summed E-state index contributed by atoms with van der Waals surface area (Å²) >= 11 is 13.6. The highest BCUT2D eigenvalue weighted by Gasteiger charge is 2.17. The molecule has 0 fully saturated rings. The predicted octanol–water partition coefficient (Wildman–Crippen LogP) is 7.03. The lowest BCUT2D eigenvalue weighted by atomic mass is 10.1. The molecule has 0 radical (unpaired) electrons. The summed E-state index contributed by atoms with van der Waals surface area (Å²) < 4.78 is 20.4. The monoisotopic (exact) mass is 522 g/mol. The maximum atomic E-state index is 14.9. The Morgan fingerprint density at radius 1 is 1.26 bits per heavy atom. The SMILES string of the molecule is CC(=Cc1c(Cl)cc(C(=O)Nc2nc(-c3cccc(OCC(C)C)c3F)cs2)cc1Cl)C(=O)O. The van der Waals surface area contributed by atoms with Gasteiger partial charge in [-0.3, -0.25) is 10.1 Å². The molecule has 2 N–H and O–H groups in total. The van der Waals surface area contributed by atoms with E-state index in [0.717, 1.165) is 11.3 Å². The first-order valence-electron chi connectivity index (χ1n) is 10.2. The van der Waals surface area contributed by atoms with Crippen molar-refractivity contribution in [2.75, 3.05) is 11.9 Å². The van der Waals surface area contributed by atoms with Crippen molar-refractivity contribution in [1.29, 1.82) is 0 Å². The van der Waals surface area contributed by atoms with Crippen LogP contribution >= 0.6 is 34.5 Å². The van der Waals surface area contributed by atoms with Crippen LogP contribution in [0.25, 0.3) is 17.3 Å². The lowest BCUT2D eigenvalue weighted by Crippen LogP contribution is -2.12. The number of carbonyl (C=O) groups excluding carboxylic acids is 1. The number of carboxylic acids is 1. The van der Waals surface area contributed by atoms with E-state index in [1.54, 1.807) is 23.6 Å². The Labute approximate surface area is 210 Å². The van der Waals surface area contributed by atoms with Gasteiger partial charge in [-0.25, -0.2) is 14.2 Å². The van der Waals surface area contributed by atoms with E-state index in [0.29, 0.717) is 17.9 Å². The first-order valence-corrected chi connectivity index (χ1v) is 11.8. The Bertz CT molecular complexity index is 1250. The van der Waals surface area contributed by atoms with Crippen molar-refractivity contribution < 1.29 is 23.8 Å². The molecule has 178 valence electrons. The first kappa shape index (κ1) is 25.7. The predicted molar refractivity (Wildman–Crippen MR) is 134 cm³/mol. The Kier molecular flexibility index (Phi) is 8.30. The minimum Gasteiger partial charge on any atom is -0.490 e. The molecule has 3 aromatic rings. The van der Waals surface area contributed by atoms with Crippen LogP contribution in [-0.4, -0.2) is 28.6 Å². The van der Waals surface area contributed by atoms with Crippen LogP contribution in [0, 0.1) is 11.7 Å². The molecule has 0 saturated heterocycles. The molecule has 10 heteroatoms. The van der Waals surface area contributed by atoms with Crippen LogP contribution in [0.5, 0.6) is 5.75 Å². The zero-order valence-electron chi connectivity index (χ0n) is 18.5. The van der Waals surface area contributed by atoms with E-state index >= 15 is 0 Å². The molecule has 0 aliphatic rings. The van der Waals surface area contributed by atoms with Crippen LogP contribution < -0.4 is 10.1 Å². The molecule has 0 atom stereocenters. The van der Waals surface area contributed by atoms with Gasteiger partial charge in [-0.15, -0.1) is 11.3 Å². The lowest BCUT2D eigenvalue weighted by Gasteiger charge is -2.11. The number of ether oxygens (including phenoxy) is 1. The number of carboxylic acid groups (broad SMARTS) is 1. The van der Waals surface area contributed by atoms with Gasteiger partial charge in [-0.05, 0) is 43.2 Å². The number of nitrogens with one attached hydrogen (secondary N) is 1. The number of hydrogen-bond acceptors (Lipinski definition) is 5. The van der Waals surface area contributed by atoms with Gasteiger partial charge in [-0.1, -0.05) is 43.1 Å². The molecule has 2 aromatic carbocycles. The molecule has 1 aromatic heterocycles. The molecule has 0 aliphatic carbocycles. The zero-order chi connectivity index (χ0) is 25.0. The molecule has 1 amide bonds. The minimum absolute atomic E-state index is 0.0437. The maximum Gasteiger partial charge on any atom is 0.331 e. The number of thiazole rings is 1. The molecular formula is C24H21Cl2FN2O4S. The molecular weight excluding hydrogens is 502 g/mol. The third-order valence-electron chi connectivity index (χ3n) is 4.58. The average Bonchev–Trinajstić information content (AvgIpc) is 3.23. The molecule has 0 spiro atoms. The number of hydrogen-bond donors (Lipinski definition) is 2. The molecule has 0 aliphatic heterocycles. The quantitative estimate of drug-likeness (QED) is 0.310. The molecule has 1 heterocycles. The van der Waals surface area contributed by atoms with Crippen molar-refractivity contribution in [2.24, 2.45) is 5.92 Å². The van der Waals surface area contributed by atoms with Crippen LogP contribution in [0.3, 0.4) is 0 Å². The van der Waals surface area contributed by atoms with Gasteiger partial charge in [0.05, 0.1) is 22.3 Å². The van der Waals surface area contributed by atoms with Crippen molar-refractivity contribution in [3.63, 3.8) is 0 Å². The van der Waals surface area contributed by atoms with Gasteiger partial charge in [0.15, 0.2) is 16.7 Å². The van der Waals surface area contributed by atoms with Gasteiger partial charge in [0.25, 0.3) is 5.91 Å². The van der Waals surface area contributed by atoms with E-state index in [2.05, 4.69) is 10.3 Å². The second-order valence-electron chi connectivity index (χ2n) is 7.80. The van der Waals surface area contributed by atoms with Crippen molar-refractivity contribution in [3.05, 3.63) is 68.3 Å². The topological polar surface area (TPSA) is 88.5 Å². The Morgan fingerprint density at radius 2 is 1.94 bits per heavy atom. The number of amides is 1. The highest BCUT2D eigenvalue weighted by Crippen LogP contribution is 2.33. The summed E-state index contributed by atoms with van der Waals surface area (Å²) in [6.07, 6.45) is 1.33. The average molecular weight is 523 g/mol. The van der Waals surface area contributed by atoms with Gasteiger partial charge in [0.2, 0.25) is 0 Å². The van der Waals surface area contributed by atoms with Gasteiger partial charge in [0.1, 0.15) is 0 Å². The molecule has 0 saturated carbocycles. The van der Waals surface area contributed by atoms with E-state index in [-0.39, 0.29) is 43.5 Å². The summed E-state index contributed by atoms with van der Waals surface area (Å²) in [5.41, 5.74) is 1.11. The number of anilines is 1. The van der Waals surface area contributed by atoms with Crippen LogP contribution in [0.1, 0.15) is 36.7 Å². The number of aliphatic carboxylic acids is 1. The third-order valence-corrected chi connectivity index (χ3v) is 5.96. The minimum atomic E-state index is -1.11. The maximum absolute atomic E-state index is 14.9.